The van der Waals surface area contributed by atoms with Crippen molar-refractivity contribution in [3.05, 3.63) is 36.0 Å². The minimum atomic E-state index is 0.178. The van der Waals surface area contributed by atoms with E-state index in [4.69, 9.17) is 9.84 Å². The molecule has 4 heterocycles. The van der Waals surface area contributed by atoms with Crippen molar-refractivity contribution in [3.63, 3.8) is 0 Å². The monoisotopic (exact) mass is 377 g/mol. The molecule has 4 aromatic rings. The average Bonchev–Trinajstić information content (AvgIpc) is 3.29. The predicted molar refractivity (Wildman–Crippen MR) is 107 cm³/mol. The molecule has 0 radical (unpaired) electrons. The maximum Gasteiger partial charge on any atom is 0.185 e. The summed E-state index contributed by atoms with van der Waals surface area (Å²) in [6, 6.07) is 10.2. The number of nitrogens with one attached hydrogen (secondary N) is 1. The van der Waals surface area contributed by atoms with Gasteiger partial charge in [0, 0.05) is 24.0 Å². The molecule has 0 bridgehead atoms. The van der Waals surface area contributed by atoms with Crippen molar-refractivity contribution in [1.29, 1.82) is 0 Å². The molecule has 8 heteroatoms. The standard InChI is InChI=1S/C20H23N7O/c1-4-16-15-9-14(5-6-17(15)22-21-16)20-24-23-18-7-8-19(25-27(18)20)26-10-12(2)28-13(3)11-26/h5-9,12-13H,4,10-11H2,1-3H3,(H,21,22)/t12-,13+. The highest BCUT2D eigenvalue weighted by molar-refractivity contribution is 5.85. The number of aryl methyl sites for hydroxylation is 1. The SMILES string of the molecule is CCc1n[nH]c2ccc(-c3nnc4ccc(N5C[C@@H](C)O[C@@H](C)C5)nn34)cc12. The summed E-state index contributed by atoms with van der Waals surface area (Å²) in [6.07, 6.45) is 1.23. The first-order valence-electron chi connectivity index (χ1n) is 9.72. The molecule has 5 rings (SSSR count). The van der Waals surface area contributed by atoms with Gasteiger partial charge in [-0.2, -0.15) is 9.61 Å². The molecule has 0 saturated carbocycles. The van der Waals surface area contributed by atoms with Gasteiger partial charge in [0.2, 0.25) is 0 Å². The fourth-order valence-electron chi connectivity index (χ4n) is 3.97. The van der Waals surface area contributed by atoms with E-state index in [1.807, 2.05) is 28.8 Å². The summed E-state index contributed by atoms with van der Waals surface area (Å²) >= 11 is 0. The van der Waals surface area contributed by atoms with Crippen LogP contribution in [0.25, 0.3) is 27.9 Å². The van der Waals surface area contributed by atoms with Crippen LogP contribution < -0.4 is 4.90 Å². The van der Waals surface area contributed by atoms with E-state index >= 15 is 0 Å². The van der Waals surface area contributed by atoms with Crippen LogP contribution in [0.15, 0.2) is 30.3 Å². The molecular formula is C20H23N7O. The van der Waals surface area contributed by atoms with Gasteiger partial charge in [-0.05, 0) is 50.6 Å². The van der Waals surface area contributed by atoms with Gasteiger partial charge in [0.1, 0.15) is 5.82 Å². The highest BCUT2D eigenvalue weighted by atomic mass is 16.5. The maximum absolute atomic E-state index is 5.85. The van der Waals surface area contributed by atoms with Crippen LogP contribution in [0.2, 0.25) is 0 Å². The third-order valence-electron chi connectivity index (χ3n) is 5.23. The van der Waals surface area contributed by atoms with E-state index in [0.29, 0.717) is 0 Å². The number of hydrogen-bond donors (Lipinski definition) is 1. The van der Waals surface area contributed by atoms with Crippen LogP contribution in [0, 0.1) is 0 Å². The molecule has 2 atom stereocenters. The number of morpholine rings is 1. The van der Waals surface area contributed by atoms with E-state index in [9.17, 15) is 0 Å². The van der Waals surface area contributed by atoms with Crippen LogP contribution in [0.1, 0.15) is 26.5 Å². The number of anilines is 1. The third kappa shape index (κ3) is 2.80. The van der Waals surface area contributed by atoms with Crippen LogP contribution in [0.3, 0.4) is 0 Å². The summed E-state index contributed by atoms with van der Waals surface area (Å²) in [4.78, 5) is 2.26. The molecule has 1 N–H and O–H groups in total. The maximum atomic E-state index is 5.85. The fourth-order valence-corrected chi connectivity index (χ4v) is 3.97. The first kappa shape index (κ1) is 17.1. The molecule has 1 aliphatic heterocycles. The van der Waals surface area contributed by atoms with Crippen LogP contribution in [-0.2, 0) is 11.2 Å². The summed E-state index contributed by atoms with van der Waals surface area (Å²) in [7, 11) is 0. The van der Waals surface area contributed by atoms with Crippen molar-refractivity contribution < 1.29 is 4.74 Å². The minimum Gasteiger partial charge on any atom is -0.372 e. The van der Waals surface area contributed by atoms with Gasteiger partial charge in [-0.15, -0.1) is 15.3 Å². The Morgan fingerprint density at radius 2 is 1.93 bits per heavy atom. The Kier molecular flexibility index (Phi) is 4.01. The van der Waals surface area contributed by atoms with E-state index < -0.39 is 0 Å². The van der Waals surface area contributed by atoms with Gasteiger partial charge in [0.05, 0.1) is 23.4 Å². The molecule has 1 fully saturated rings. The quantitative estimate of drug-likeness (QED) is 0.591. The first-order valence-corrected chi connectivity index (χ1v) is 9.72. The summed E-state index contributed by atoms with van der Waals surface area (Å²) in [5, 5.41) is 22.1. The smallest absolute Gasteiger partial charge is 0.185 e. The van der Waals surface area contributed by atoms with Gasteiger partial charge in [0.25, 0.3) is 0 Å². The highest BCUT2D eigenvalue weighted by Crippen LogP contribution is 2.26. The molecule has 1 aromatic carbocycles. The van der Waals surface area contributed by atoms with Crippen molar-refractivity contribution >= 4 is 22.4 Å². The number of fused-ring (bicyclic) bond motifs is 2. The summed E-state index contributed by atoms with van der Waals surface area (Å²) < 4.78 is 7.68. The van der Waals surface area contributed by atoms with Crippen molar-refractivity contribution in [2.75, 3.05) is 18.0 Å². The first-order chi connectivity index (χ1) is 13.6. The van der Waals surface area contributed by atoms with E-state index in [0.717, 1.165) is 59.0 Å². The Morgan fingerprint density at radius 1 is 1.11 bits per heavy atom. The predicted octanol–water partition coefficient (Wildman–Crippen LogP) is 2.84. The molecule has 0 aliphatic carbocycles. The second-order valence-electron chi connectivity index (χ2n) is 7.43. The molecule has 144 valence electrons. The van der Waals surface area contributed by atoms with Gasteiger partial charge in [-0.1, -0.05) is 6.92 Å². The van der Waals surface area contributed by atoms with Gasteiger partial charge in [-0.25, -0.2) is 0 Å². The molecule has 0 spiro atoms. The van der Waals surface area contributed by atoms with E-state index in [1.54, 1.807) is 0 Å². The van der Waals surface area contributed by atoms with E-state index in [-0.39, 0.29) is 12.2 Å². The van der Waals surface area contributed by atoms with Crippen molar-refractivity contribution in [1.82, 2.24) is 30.0 Å². The third-order valence-corrected chi connectivity index (χ3v) is 5.23. The van der Waals surface area contributed by atoms with Crippen LogP contribution in [0.4, 0.5) is 5.82 Å². The average molecular weight is 377 g/mol. The number of hydrogen-bond acceptors (Lipinski definition) is 6. The minimum absolute atomic E-state index is 0.178. The van der Waals surface area contributed by atoms with Crippen molar-refractivity contribution in [3.8, 4) is 11.4 Å². The van der Waals surface area contributed by atoms with E-state index in [1.165, 1.54) is 0 Å². The number of benzene rings is 1. The van der Waals surface area contributed by atoms with E-state index in [2.05, 4.69) is 52.1 Å². The number of aromatic nitrogens is 6. The van der Waals surface area contributed by atoms with Crippen molar-refractivity contribution in [2.24, 2.45) is 0 Å². The molecule has 0 unspecified atom stereocenters. The lowest BCUT2D eigenvalue weighted by Crippen LogP contribution is -2.46. The zero-order valence-electron chi connectivity index (χ0n) is 16.3. The Morgan fingerprint density at radius 3 is 2.71 bits per heavy atom. The van der Waals surface area contributed by atoms with Crippen LogP contribution in [-0.4, -0.2) is 55.3 Å². The summed E-state index contributed by atoms with van der Waals surface area (Å²) in [6.45, 7) is 7.93. The number of nitrogens with zero attached hydrogens (tertiary/aromatic N) is 6. The Labute approximate surface area is 162 Å². The molecule has 1 aliphatic rings. The Hall–Kier alpha value is -3.00. The Balaban J connectivity index is 1.59. The van der Waals surface area contributed by atoms with Gasteiger partial charge in [-0.3, -0.25) is 5.10 Å². The normalized spacial score (nSPS) is 20.3. The lowest BCUT2D eigenvalue weighted by Gasteiger charge is -2.35. The lowest BCUT2D eigenvalue weighted by molar-refractivity contribution is -0.00551. The zero-order chi connectivity index (χ0) is 19.3. The number of H-pyrrole nitrogens is 1. The van der Waals surface area contributed by atoms with Gasteiger partial charge < -0.3 is 9.64 Å². The second kappa shape index (κ2) is 6.56. The Bertz CT molecular complexity index is 1140. The van der Waals surface area contributed by atoms with Gasteiger partial charge >= 0.3 is 0 Å². The number of ether oxygens (including phenoxy) is 1. The van der Waals surface area contributed by atoms with Crippen LogP contribution >= 0.6 is 0 Å². The molecule has 8 nitrogen and oxygen atoms in total. The summed E-state index contributed by atoms with van der Waals surface area (Å²) in [5.74, 6) is 1.64. The largest absolute Gasteiger partial charge is 0.372 e. The number of aromatic amines is 1. The van der Waals surface area contributed by atoms with Gasteiger partial charge in [0.15, 0.2) is 11.5 Å². The molecule has 28 heavy (non-hydrogen) atoms. The number of rotatable bonds is 3. The molecule has 1 saturated heterocycles. The molecule has 3 aromatic heterocycles. The van der Waals surface area contributed by atoms with Crippen molar-refractivity contribution in [2.45, 2.75) is 39.4 Å². The summed E-state index contributed by atoms with van der Waals surface area (Å²) in [5.41, 5.74) is 3.79. The second-order valence-corrected chi connectivity index (χ2v) is 7.43. The van der Waals surface area contributed by atoms with Crippen LogP contribution in [0.5, 0.6) is 0 Å². The molecule has 0 amide bonds. The highest BCUT2D eigenvalue weighted by Gasteiger charge is 2.24. The lowest BCUT2D eigenvalue weighted by atomic mass is 10.1. The zero-order valence-corrected chi connectivity index (χ0v) is 16.3. The fraction of sp³-hybridized carbons (Fsp3) is 0.400. The topological polar surface area (TPSA) is 84.2 Å². The molecular weight excluding hydrogens is 354 g/mol.